The normalized spacial score (nSPS) is 9.82. The highest BCUT2D eigenvalue weighted by Gasteiger charge is 2.21. The molecule has 7 heteroatoms. The molecule has 0 atom stereocenters. The van der Waals surface area contributed by atoms with Gasteiger partial charge in [0.1, 0.15) is 11.0 Å². The molecule has 1 aromatic carbocycles. The van der Waals surface area contributed by atoms with Crippen LogP contribution in [-0.2, 0) is 9.47 Å². The Labute approximate surface area is 123 Å². The van der Waals surface area contributed by atoms with Crippen molar-refractivity contribution in [1.29, 1.82) is 0 Å². The molecular formula is C10H7Br3O4. The van der Waals surface area contributed by atoms with Crippen LogP contribution in [0.25, 0.3) is 0 Å². The van der Waals surface area contributed by atoms with Crippen LogP contribution in [0.5, 0.6) is 0 Å². The van der Waals surface area contributed by atoms with Crippen LogP contribution in [0.3, 0.4) is 0 Å². The number of rotatable bonds is 4. The van der Waals surface area contributed by atoms with Gasteiger partial charge in [0.15, 0.2) is 0 Å². The van der Waals surface area contributed by atoms with E-state index in [2.05, 4.69) is 47.8 Å². The van der Waals surface area contributed by atoms with Gasteiger partial charge in [-0.05, 0) is 59.9 Å². The number of hydrogen-bond donors (Lipinski definition) is 0. The summed E-state index contributed by atoms with van der Waals surface area (Å²) in [6.07, 6.45) is 0. The topological polar surface area (TPSA) is 52.6 Å². The molecule has 1 aromatic rings. The first kappa shape index (κ1) is 14.7. The molecule has 0 radical (unpaired) electrons. The molecule has 0 aliphatic rings. The molecule has 0 aromatic heterocycles. The van der Waals surface area contributed by atoms with Gasteiger partial charge in [-0.1, -0.05) is 6.07 Å². The summed E-state index contributed by atoms with van der Waals surface area (Å²) < 4.78 is 10.1. The lowest BCUT2D eigenvalue weighted by Gasteiger charge is -2.09. The first-order valence-corrected chi connectivity index (χ1v) is 7.40. The Morgan fingerprint density at radius 3 is 2.24 bits per heavy atom. The number of halogens is 3. The van der Waals surface area contributed by atoms with E-state index in [1.165, 1.54) is 6.07 Å². The van der Waals surface area contributed by atoms with Crippen molar-refractivity contribution in [2.24, 2.45) is 0 Å². The van der Waals surface area contributed by atoms with E-state index in [-0.39, 0.29) is 22.2 Å². The summed E-state index contributed by atoms with van der Waals surface area (Å²) in [5, 5.41) is 0. The van der Waals surface area contributed by atoms with Crippen molar-refractivity contribution in [3.8, 4) is 0 Å². The number of esters is 2. The van der Waals surface area contributed by atoms with Gasteiger partial charge in [0.05, 0.1) is 11.1 Å². The van der Waals surface area contributed by atoms with Gasteiger partial charge >= 0.3 is 11.9 Å². The van der Waals surface area contributed by atoms with Gasteiger partial charge in [0, 0.05) is 4.47 Å². The Kier molecular flexibility index (Phi) is 6.15. The summed E-state index contributed by atoms with van der Waals surface area (Å²) in [5.74, 6) is -1.19. The third-order valence-corrected chi connectivity index (χ3v) is 2.93. The van der Waals surface area contributed by atoms with Crippen molar-refractivity contribution in [1.82, 2.24) is 0 Å². The molecular weight excluding hydrogens is 424 g/mol. The third-order valence-electron chi connectivity index (χ3n) is 1.81. The van der Waals surface area contributed by atoms with Crippen LogP contribution in [-0.4, -0.2) is 23.0 Å². The molecule has 0 aliphatic carbocycles. The largest absolute Gasteiger partial charge is 0.450 e. The lowest BCUT2D eigenvalue weighted by Crippen LogP contribution is -2.14. The van der Waals surface area contributed by atoms with Gasteiger partial charge in [0.2, 0.25) is 0 Å². The first-order valence-electron chi connectivity index (χ1n) is 4.36. The van der Waals surface area contributed by atoms with Gasteiger partial charge in [-0.2, -0.15) is 0 Å². The zero-order valence-corrected chi connectivity index (χ0v) is 13.2. The van der Waals surface area contributed by atoms with Gasteiger partial charge in [-0.15, -0.1) is 0 Å². The van der Waals surface area contributed by atoms with Crippen molar-refractivity contribution in [3.05, 3.63) is 33.8 Å². The van der Waals surface area contributed by atoms with E-state index >= 15 is 0 Å². The fourth-order valence-electron chi connectivity index (χ4n) is 1.15. The molecule has 0 N–H and O–H groups in total. The van der Waals surface area contributed by atoms with Gasteiger partial charge in [0.25, 0.3) is 0 Å². The molecule has 4 nitrogen and oxygen atoms in total. The van der Waals surface area contributed by atoms with Crippen molar-refractivity contribution >= 4 is 59.7 Å². The number of ether oxygens (including phenoxy) is 2. The van der Waals surface area contributed by atoms with E-state index in [4.69, 9.17) is 9.47 Å². The third kappa shape index (κ3) is 3.79. The van der Waals surface area contributed by atoms with Gasteiger partial charge in [-0.25, -0.2) is 9.59 Å². The fourth-order valence-corrected chi connectivity index (χ4v) is 2.09. The number of carbonyl (C=O) groups is 2. The highest BCUT2D eigenvalue weighted by Crippen LogP contribution is 2.22. The molecule has 0 saturated carbocycles. The van der Waals surface area contributed by atoms with E-state index in [1.54, 1.807) is 12.1 Å². The lowest BCUT2D eigenvalue weighted by atomic mass is 10.1. The Bertz CT molecular complexity index is 434. The molecule has 0 fully saturated rings. The predicted octanol–water partition coefficient (Wildman–Crippen LogP) is 3.47. The smallest absolute Gasteiger partial charge is 0.341 e. The Morgan fingerprint density at radius 1 is 1.06 bits per heavy atom. The molecule has 0 spiro atoms. The summed E-state index contributed by atoms with van der Waals surface area (Å²) in [4.78, 5) is 23.3. The second-order valence-corrected chi connectivity index (χ2v) is 4.51. The van der Waals surface area contributed by atoms with Crippen LogP contribution in [0.2, 0.25) is 0 Å². The quantitative estimate of drug-likeness (QED) is 0.542. The maximum atomic E-state index is 11.7. The molecule has 0 amide bonds. The van der Waals surface area contributed by atoms with Crippen LogP contribution in [0, 0.1) is 0 Å². The zero-order valence-electron chi connectivity index (χ0n) is 8.41. The zero-order chi connectivity index (χ0) is 12.8. The SMILES string of the molecule is O=C(OCBr)c1cccc(Br)c1C(=O)OCBr. The molecule has 1 rings (SSSR count). The van der Waals surface area contributed by atoms with Crippen LogP contribution in [0.1, 0.15) is 20.7 Å². The summed E-state index contributed by atoms with van der Waals surface area (Å²) >= 11 is 9.16. The molecule has 17 heavy (non-hydrogen) atoms. The minimum atomic E-state index is -0.601. The minimum Gasteiger partial charge on any atom is -0.450 e. The summed E-state index contributed by atoms with van der Waals surface area (Å²) in [5.41, 5.74) is 0.424. The minimum absolute atomic E-state index is 0.0557. The second kappa shape index (κ2) is 7.13. The highest BCUT2D eigenvalue weighted by molar-refractivity contribution is 9.10. The molecule has 0 saturated heterocycles. The Hall–Kier alpha value is -0.400. The summed E-state index contributed by atoms with van der Waals surface area (Å²) in [6.45, 7) is 0. The van der Waals surface area contributed by atoms with E-state index in [0.29, 0.717) is 4.47 Å². The van der Waals surface area contributed by atoms with Crippen LogP contribution in [0.4, 0.5) is 0 Å². The van der Waals surface area contributed by atoms with Crippen LogP contribution in [0.15, 0.2) is 22.7 Å². The predicted molar refractivity (Wildman–Crippen MR) is 72.6 cm³/mol. The molecule has 92 valence electrons. The first-order chi connectivity index (χ1) is 8.11. The van der Waals surface area contributed by atoms with Gasteiger partial charge < -0.3 is 9.47 Å². The standard InChI is InChI=1S/C10H7Br3O4/c11-4-16-9(14)6-2-1-3-7(13)8(6)10(15)17-5-12/h1-3H,4-5H2. The lowest BCUT2D eigenvalue weighted by molar-refractivity contribution is 0.0537. The second-order valence-electron chi connectivity index (χ2n) is 2.74. The molecule has 0 bridgehead atoms. The maximum Gasteiger partial charge on any atom is 0.341 e. The average molecular weight is 431 g/mol. The van der Waals surface area contributed by atoms with E-state index < -0.39 is 11.9 Å². The van der Waals surface area contributed by atoms with Crippen molar-refractivity contribution in [2.75, 3.05) is 11.0 Å². The number of alkyl halides is 2. The van der Waals surface area contributed by atoms with E-state index in [9.17, 15) is 9.59 Å². The van der Waals surface area contributed by atoms with Crippen molar-refractivity contribution < 1.29 is 19.1 Å². The summed E-state index contributed by atoms with van der Waals surface area (Å²) in [7, 11) is 0. The fraction of sp³-hybridized carbons (Fsp3) is 0.200. The van der Waals surface area contributed by atoms with E-state index in [0.717, 1.165) is 0 Å². The van der Waals surface area contributed by atoms with Crippen molar-refractivity contribution in [3.63, 3.8) is 0 Å². The van der Waals surface area contributed by atoms with Gasteiger partial charge in [-0.3, -0.25) is 0 Å². The number of benzene rings is 1. The number of carbonyl (C=O) groups excluding carboxylic acids is 2. The molecule has 0 aliphatic heterocycles. The Balaban J connectivity index is 3.17. The van der Waals surface area contributed by atoms with E-state index in [1.807, 2.05) is 0 Å². The summed E-state index contributed by atoms with van der Waals surface area (Å²) in [6, 6.07) is 4.79. The molecule has 0 heterocycles. The maximum absolute atomic E-state index is 11.7. The average Bonchev–Trinajstić information content (AvgIpc) is 2.29. The monoisotopic (exact) mass is 428 g/mol. The highest BCUT2D eigenvalue weighted by atomic mass is 79.9. The van der Waals surface area contributed by atoms with Crippen LogP contribution < -0.4 is 0 Å². The molecule has 0 unspecified atom stereocenters. The number of hydrogen-bond acceptors (Lipinski definition) is 4. The Morgan fingerprint density at radius 2 is 1.65 bits per heavy atom. The van der Waals surface area contributed by atoms with Crippen molar-refractivity contribution in [2.45, 2.75) is 0 Å². The van der Waals surface area contributed by atoms with Crippen LogP contribution >= 0.6 is 47.8 Å².